The highest BCUT2D eigenvalue weighted by Gasteiger charge is 2.12. The summed E-state index contributed by atoms with van der Waals surface area (Å²) in [7, 11) is 0. The number of para-hydroxylation sites is 2. The van der Waals surface area contributed by atoms with E-state index in [1.165, 1.54) is 11.1 Å². The van der Waals surface area contributed by atoms with Crippen LogP contribution in [0.2, 0.25) is 0 Å². The van der Waals surface area contributed by atoms with Gasteiger partial charge in [-0.1, -0.05) is 78.9 Å². The molecule has 2 nitrogen and oxygen atoms in total. The maximum absolute atomic E-state index is 3.46. The molecule has 1 N–H and O–H groups in total. The molecule has 0 unspecified atom stereocenters. The monoisotopic (exact) mass is 412 g/mol. The summed E-state index contributed by atoms with van der Waals surface area (Å²) < 4.78 is 0. The molecular weight excluding hydrogens is 388 g/mol. The molecule has 0 heterocycles. The second-order valence-corrected chi connectivity index (χ2v) is 7.62. The van der Waals surface area contributed by atoms with E-state index in [0.717, 1.165) is 28.4 Å². The minimum atomic E-state index is 1.06. The minimum Gasteiger partial charge on any atom is -0.356 e. The van der Waals surface area contributed by atoms with Crippen molar-refractivity contribution >= 4 is 28.4 Å². The summed E-state index contributed by atoms with van der Waals surface area (Å²) in [5.74, 6) is 0. The van der Waals surface area contributed by atoms with Gasteiger partial charge in [0.15, 0.2) is 0 Å². The summed E-state index contributed by atoms with van der Waals surface area (Å²) in [6.45, 7) is 0. The van der Waals surface area contributed by atoms with Crippen LogP contribution in [0.5, 0.6) is 0 Å². The number of benzene rings is 5. The first-order chi connectivity index (χ1) is 15.9. The minimum absolute atomic E-state index is 1.06. The quantitative estimate of drug-likeness (QED) is 0.300. The molecule has 5 aromatic rings. The molecule has 0 aliphatic heterocycles. The molecule has 0 aromatic heterocycles. The topological polar surface area (TPSA) is 15.3 Å². The third kappa shape index (κ3) is 4.40. The zero-order chi connectivity index (χ0) is 21.6. The van der Waals surface area contributed by atoms with E-state index in [1.807, 2.05) is 30.3 Å². The molecule has 32 heavy (non-hydrogen) atoms. The first-order valence-electron chi connectivity index (χ1n) is 10.8. The van der Waals surface area contributed by atoms with Gasteiger partial charge in [0.1, 0.15) is 0 Å². The first-order valence-corrected chi connectivity index (χ1v) is 10.8. The van der Waals surface area contributed by atoms with Gasteiger partial charge >= 0.3 is 0 Å². The highest BCUT2D eigenvalue weighted by atomic mass is 15.1. The van der Waals surface area contributed by atoms with Gasteiger partial charge in [0, 0.05) is 28.4 Å². The van der Waals surface area contributed by atoms with E-state index in [-0.39, 0.29) is 0 Å². The molecule has 2 heteroatoms. The molecule has 154 valence electrons. The number of nitrogens with zero attached hydrogens (tertiary/aromatic N) is 1. The van der Waals surface area contributed by atoms with Gasteiger partial charge in [0.25, 0.3) is 0 Å². The lowest BCUT2D eigenvalue weighted by molar-refractivity contribution is 1.28. The number of hydrogen-bond donors (Lipinski definition) is 1. The molecule has 0 bridgehead atoms. The first kappa shape index (κ1) is 19.7. The Balaban J connectivity index is 1.47. The highest BCUT2D eigenvalue weighted by molar-refractivity contribution is 5.79. The van der Waals surface area contributed by atoms with Crippen LogP contribution < -0.4 is 10.2 Å². The summed E-state index contributed by atoms with van der Waals surface area (Å²) in [5.41, 5.74) is 7.95. The smallest absolute Gasteiger partial charge is 0.0463 e. The summed E-state index contributed by atoms with van der Waals surface area (Å²) >= 11 is 0. The van der Waals surface area contributed by atoms with Crippen molar-refractivity contribution in [2.75, 3.05) is 10.2 Å². The van der Waals surface area contributed by atoms with Crippen LogP contribution in [-0.2, 0) is 0 Å². The van der Waals surface area contributed by atoms with Crippen molar-refractivity contribution in [1.29, 1.82) is 0 Å². The van der Waals surface area contributed by atoms with E-state index in [0.29, 0.717) is 0 Å². The third-order valence-electron chi connectivity index (χ3n) is 5.43. The van der Waals surface area contributed by atoms with Crippen LogP contribution >= 0.6 is 0 Å². The molecule has 0 radical (unpaired) electrons. The van der Waals surface area contributed by atoms with Gasteiger partial charge in [-0.2, -0.15) is 0 Å². The normalized spacial score (nSPS) is 10.5. The van der Waals surface area contributed by atoms with Crippen LogP contribution in [0.3, 0.4) is 0 Å². The van der Waals surface area contributed by atoms with Crippen LogP contribution in [0.15, 0.2) is 140 Å². The Bertz CT molecular complexity index is 1250. The number of hydrogen-bond acceptors (Lipinski definition) is 2. The summed E-state index contributed by atoms with van der Waals surface area (Å²) in [4.78, 5) is 2.28. The maximum Gasteiger partial charge on any atom is 0.0463 e. The zero-order valence-electron chi connectivity index (χ0n) is 17.7. The van der Waals surface area contributed by atoms with Crippen LogP contribution in [0.4, 0.5) is 28.4 Å². The fraction of sp³-hybridized carbons (Fsp3) is 0. The molecule has 0 spiro atoms. The average molecular weight is 413 g/mol. The van der Waals surface area contributed by atoms with Gasteiger partial charge in [0.2, 0.25) is 0 Å². The Morgan fingerprint density at radius 1 is 0.344 bits per heavy atom. The van der Waals surface area contributed by atoms with E-state index in [1.54, 1.807) is 0 Å². The highest BCUT2D eigenvalue weighted by Crippen LogP contribution is 2.36. The molecule has 0 atom stereocenters. The van der Waals surface area contributed by atoms with Gasteiger partial charge in [0.05, 0.1) is 0 Å². The van der Waals surface area contributed by atoms with Crippen molar-refractivity contribution < 1.29 is 0 Å². The number of nitrogens with one attached hydrogen (secondary N) is 1. The zero-order valence-corrected chi connectivity index (χ0v) is 17.7. The Hall–Kier alpha value is -4.30. The van der Waals surface area contributed by atoms with Crippen molar-refractivity contribution in [2.45, 2.75) is 0 Å². The van der Waals surface area contributed by atoms with Crippen molar-refractivity contribution in [3.8, 4) is 11.1 Å². The lowest BCUT2D eigenvalue weighted by Crippen LogP contribution is -2.09. The van der Waals surface area contributed by atoms with Gasteiger partial charge in [-0.25, -0.2) is 0 Å². The van der Waals surface area contributed by atoms with Gasteiger partial charge < -0.3 is 10.2 Å². The largest absolute Gasteiger partial charge is 0.356 e. The lowest BCUT2D eigenvalue weighted by Gasteiger charge is -2.26. The van der Waals surface area contributed by atoms with Gasteiger partial charge in [-0.05, 0) is 71.8 Å². The maximum atomic E-state index is 3.46. The van der Waals surface area contributed by atoms with Crippen molar-refractivity contribution in [3.05, 3.63) is 140 Å². The molecule has 0 fully saturated rings. The van der Waals surface area contributed by atoms with Crippen LogP contribution in [0, 0.1) is 0 Å². The molecule has 0 saturated carbocycles. The van der Waals surface area contributed by atoms with Gasteiger partial charge in [-0.15, -0.1) is 0 Å². The predicted molar refractivity (Wildman–Crippen MR) is 136 cm³/mol. The van der Waals surface area contributed by atoms with E-state index in [2.05, 4.69) is 119 Å². The van der Waals surface area contributed by atoms with Crippen molar-refractivity contribution in [3.63, 3.8) is 0 Å². The molecule has 0 amide bonds. The fourth-order valence-electron chi connectivity index (χ4n) is 3.84. The molecular formula is C30H24N2. The standard InChI is InChI=1S/C30H24N2/c1-4-10-24(11-5-1)25-16-20-29(21-17-25)32(28-14-8-3-9-15-28)30-22-18-27(19-23-30)31-26-12-6-2-7-13-26/h1-23,31H. The Kier molecular flexibility index (Phi) is 5.67. The third-order valence-corrected chi connectivity index (χ3v) is 5.43. The predicted octanol–water partition coefficient (Wildman–Crippen LogP) is 8.57. The fourth-order valence-corrected chi connectivity index (χ4v) is 3.84. The molecule has 5 aromatic carbocycles. The molecule has 5 rings (SSSR count). The number of rotatable bonds is 6. The van der Waals surface area contributed by atoms with E-state index >= 15 is 0 Å². The SMILES string of the molecule is c1ccc(Nc2ccc(N(c3ccccc3)c3ccc(-c4ccccc4)cc3)cc2)cc1. The van der Waals surface area contributed by atoms with Crippen LogP contribution in [0.25, 0.3) is 11.1 Å². The lowest BCUT2D eigenvalue weighted by atomic mass is 10.0. The van der Waals surface area contributed by atoms with Gasteiger partial charge in [-0.3, -0.25) is 0 Å². The van der Waals surface area contributed by atoms with Crippen LogP contribution in [-0.4, -0.2) is 0 Å². The Morgan fingerprint density at radius 2 is 0.750 bits per heavy atom. The Labute approximate surface area is 189 Å². The van der Waals surface area contributed by atoms with E-state index in [4.69, 9.17) is 0 Å². The average Bonchev–Trinajstić information content (AvgIpc) is 2.88. The second-order valence-electron chi connectivity index (χ2n) is 7.62. The van der Waals surface area contributed by atoms with Crippen LogP contribution in [0.1, 0.15) is 0 Å². The molecule has 0 saturated heterocycles. The second kappa shape index (κ2) is 9.23. The van der Waals surface area contributed by atoms with Crippen molar-refractivity contribution in [1.82, 2.24) is 0 Å². The van der Waals surface area contributed by atoms with E-state index in [9.17, 15) is 0 Å². The molecule has 0 aliphatic carbocycles. The molecule has 0 aliphatic rings. The van der Waals surface area contributed by atoms with Crippen molar-refractivity contribution in [2.24, 2.45) is 0 Å². The number of anilines is 5. The van der Waals surface area contributed by atoms with E-state index < -0.39 is 0 Å². The summed E-state index contributed by atoms with van der Waals surface area (Å²) in [6, 6.07) is 48.5. The Morgan fingerprint density at radius 3 is 1.34 bits per heavy atom. The summed E-state index contributed by atoms with van der Waals surface area (Å²) in [5, 5.41) is 3.46. The summed E-state index contributed by atoms with van der Waals surface area (Å²) in [6.07, 6.45) is 0.